The van der Waals surface area contributed by atoms with Crippen LogP contribution in [-0.2, 0) is 9.53 Å². The SMILES string of the molecule is CC(C)(C)OC(=O)N(CCC(=O)O)CC(=N)N. The van der Waals surface area contributed by atoms with E-state index in [9.17, 15) is 9.59 Å². The fraction of sp³-hybridized carbons (Fsp3) is 0.700. The molecule has 0 bridgehead atoms. The summed E-state index contributed by atoms with van der Waals surface area (Å²) in [6, 6.07) is 0. The van der Waals surface area contributed by atoms with Crippen molar-refractivity contribution in [2.24, 2.45) is 5.73 Å². The number of aliphatic carboxylic acids is 1. The zero-order valence-electron chi connectivity index (χ0n) is 10.3. The van der Waals surface area contributed by atoms with Crippen molar-refractivity contribution in [2.45, 2.75) is 32.8 Å². The third kappa shape index (κ3) is 8.06. The first kappa shape index (κ1) is 15.2. The van der Waals surface area contributed by atoms with Crippen LogP contribution in [0.3, 0.4) is 0 Å². The Kier molecular flexibility index (Phi) is 5.43. The monoisotopic (exact) mass is 245 g/mol. The second-order valence-corrected chi connectivity index (χ2v) is 4.57. The second kappa shape index (κ2) is 6.07. The van der Waals surface area contributed by atoms with Crippen LogP contribution in [0, 0.1) is 5.41 Å². The van der Waals surface area contributed by atoms with Crippen LogP contribution < -0.4 is 5.73 Å². The van der Waals surface area contributed by atoms with Crippen LogP contribution in [0.15, 0.2) is 0 Å². The number of amidine groups is 1. The highest BCUT2D eigenvalue weighted by Gasteiger charge is 2.22. The van der Waals surface area contributed by atoms with E-state index in [1.54, 1.807) is 20.8 Å². The summed E-state index contributed by atoms with van der Waals surface area (Å²) >= 11 is 0. The highest BCUT2D eigenvalue weighted by Crippen LogP contribution is 2.10. The lowest BCUT2D eigenvalue weighted by Gasteiger charge is -2.26. The molecule has 0 aromatic heterocycles. The summed E-state index contributed by atoms with van der Waals surface area (Å²) < 4.78 is 5.07. The summed E-state index contributed by atoms with van der Waals surface area (Å²) in [6.07, 6.45) is -0.888. The summed E-state index contributed by atoms with van der Waals surface area (Å²) in [4.78, 5) is 23.2. The normalized spacial score (nSPS) is 10.8. The van der Waals surface area contributed by atoms with Gasteiger partial charge in [-0.05, 0) is 20.8 Å². The van der Waals surface area contributed by atoms with Crippen molar-refractivity contribution in [2.75, 3.05) is 13.1 Å². The van der Waals surface area contributed by atoms with Crippen molar-refractivity contribution >= 4 is 17.9 Å². The molecule has 0 saturated carbocycles. The Hall–Kier alpha value is -1.79. The van der Waals surface area contributed by atoms with E-state index >= 15 is 0 Å². The minimum absolute atomic E-state index is 0.0379. The quantitative estimate of drug-likeness (QED) is 0.485. The summed E-state index contributed by atoms with van der Waals surface area (Å²) in [5.74, 6) is -1.25. The van der Waals surface area contributed by atoms with E-state index in [1.807, 2.05) is 0 Å². The lowest BCUT2D eigenvalue weighted by molar-refractivity contribution is -0.137. The van der Waals surface area contributed by atoms with Gasteiger partial charge in [-0.15, -0.1) is 0 Å². The number of hydrogen-bond acceptors (Lipinski definition) is 4. The highest BCUT2D eigenvalue weighted by molar-refractivity contribution is 5.83. The molecule has 0 rings (SSSR count). The molecule has 0 atom stereocenters. The molecule has 0 aliphatic heterocycles. The van der Waals surface area contributed by atoms with Gasteiger partial charge < -0.3 is 20.5 Å². The third-order valence-corrected chi connectivity index (χ3v) is 1.61. The van der Waals surface area contributed by atoms with Crippen molar-refractivity contribution < 1.29 is 19.4 Å². The molecule has 0 aliphatic rings. The van der Waals surface area contributed by atoms with Gasteiger partial charge in [0.1, 0.15) is 11.4 Å². The molecule has 0 heterocycles. The minimum atomic E-state index is -1.03. The van der Waals surface area contributed by atoms with Crippen LogP contribution in [-0.4, -0.2) is 46.6 Å². The maximum atomic E-state index is 11.7. The molecule has 17 heavy (non-hydrogen) atoms. The molecule has 0 fully saturated rings. The van der Waals surface area contributed by atoms with Crippen LogP contribution in [0.2, 0.25) is 0 Å². The molecule has 0 aliphatic carbocycles. The van der Waals surface area contributed by atoms with Crippen molar-refractivity contribution in [3.63, 3.8) is 0 Å². The van der Waals surface area contributed by atoms with Crippen LogP contribution in [0.1, 0.15) is 27.2 Å². The Labute approximate surface area is 100 Å². The number of nitrogens with two attached hydrogens (primary N) is 1. The number of carbonyl (C=O) groups excluding carboxylic acids is 1. The first-order valence-corrected chi connectivity index (χ1v) is 5.14. The van der Waals surface area contributed by atoms with E-state index in [4.69, 9.17) is 21.0 Å². The van der Waals surface area contributed by atoms with Crippen molar-refractivity contribution in [3.8, 4) is 0 Å². The summed E-state index contributed by atoms with van der Waals surface area (Å²) in [6.45, 7) is 4.93. The Balaban J connectivity index is 4.50. The predicted octanol–water partition coefficient (Wildman–Crippen LogP) is 0.634. The number of nitrogens with one attached hydrogen (secondary N) is 1. The number of carbonyl (C=O) groups is 2. The van der Waals surface area contributed by atoms with Gasteiger partial charge in [-0.2, -0.15) is 0 Å². The highest BCUT2D eigenvalue weighted by atomic mass is 16.6. The molecule has 0 aromatic carbocycles. The fourth-order valence-electron chi connectivity index (χ4n) is 0.998. The Bertz CT molecular complexity index is 309. The lowest BCUT2D eigenvalue weighted by Crippen LogP contribution is -2.42. The molecular weight excluding hydrogens is 226 g/mol. The largest absolute Gasteiger partial charge is 0.481 e. The Morgan fingerprint density at radius 3 is 2.29 bits per heavy atom. The predicted molar refractivity (Wildman–Crippen MR) is 62.0 cm³/mol. The van der Waals surface area contributed by atoms with Crippen LogP contribution >= 0.6 is 0 Å². The molecule has 4 N–H and O–H groups in total. The molecule has 0 radical (unpaired) electrons. The molecule has 7 heteroatoms. The number of ether oxygens (including phenoxy) is 1. The maximum absolute atomic E-state index is 11.7. The van der Waals surface area contributed by atoms with Gasteiger partial charge >= 0.3 is 12.1 Å². The molecule has 7 nitrogen and oxygen atoms in total. The molecule has 0 unspecified atom stereocenters. The number of amides is 1. The standard InChI is InChI=1S/C10H19N3O4/c1-10(2,3)17-9(16)13(6-7(11)12)5-4-8(14)15/h4-6H2,1-3H3,(H3,11,12)(H,14,15). The first-order valence-electron chi connectivity index (χ1n) is 5.14. The van der Waals surface area contributed by atoms with Gasteiger partial charge in [0.2, 0.25) is 0 Å². The molecule has 0 spiro atoms. The van der Waals surface area contributed by atoms with Gasteiger partial charge in [0, 0.05) is 6.54 Å². The topological polar surface area (TPSA) is 117 Å². The minimum Gasteiger partial charge on any atom is -0.481 e. The van der Waals surface area contributed by atoms with Gasteiger partial charge in [0.15, 0.2) is 0 Å². The third-order valence-electron chi connectivity index (χ3n) is 1.61. The van der Waals surface area contributed by atoms with E-state index in [1.165, 1.54) is 0 Å². The number of nitrogens with zero attached hydrogens (tertiary/aromatic N) is 1. The zero-order valence-corrected chi connectivity index (χ0v) is 10.3. The van der Waals surface area contributed by atoms with Crippen LogP contribution in [0.25, 0.3) is 0 Å². The smallest absolute Gasteiger partial charge is 0.410 e. The van der Waals surface area contributed by atoms with E-state index in [-0.39, 0.29) is 25.3 Å². The number of carboxylic acid groups (broad SMARTS) is 1. The first-order chi connectivity index (χ1) is 7.61. The van der Waals surface area contributed by atoms with Gasteiger partial charge in [0.05, 0.1) is 13.0 Å². The number of rotatable bonds is 5. The van der Waals surface area contributed by atoms with E-state index in [0.717, 1.165) is 4.90 Å². The van der Waals surface area contributed by atoms with Gasteiger partial charge in [-0.25, -0.2) is 4.79 Å². The average Bonchev–Trinajstić information content (AvgIpc) is 2.08. The van der Waals surface area contributed by atoms with E-state index in [0.29, 0.717) is 0 Å². The molecular formula is C10H19N3O4. The molecule has 1 amide bonds. The Morgan fingerprint density at radius 2 is 1.94 bits per heavy atom. The van der Waals surface area contributed by atoms with Gasteiger partial charge in [0.25, 0.3) is 0 Å². The fourth-order valence-corrected chi connectivity index (χ4v) is 0.998. The van der Waals surface area contributed by atoms with Crippen LogP contribution in [0.4, 0.5) is 4.79 Å². The molecule has 0 saturated heterocycles. The van der Waals surface area contributed by atoms with E-state index < -0.39 is 17.7 Å². The van der Waals surface area contributed by atoms with Crippen molar-refractivity contribution in [1.82, 2.24) is 4.90 Å². The van der Waals surface area contributed by atoms with Crippen LogP contribution in [0.5, 0.6) is 0 Å². The summed E-state index contributed by atoms with van der Waals surface area (Å²) in [7, 11) is 0. The summed E-state index contributed by atoms with van der Waals surface area (Å²) in [5.41, 5.74) is 4.52. The van der Waals surface area contributed by atoms with E-state index in [2.05, 4.69) is 0 Å². The van der Waals surface area contributed by atoms with Gasteiger partial charge in [-0.3, -0.25) is 10.2 Å². The molecule has 98 valence electrons. The van der Waals surface area contributed by atoms with Crippen molar-refractivity contribution in [3.05, 3.63) is 0 Å². The lowest BCUT2D eigenvalue weighted by atomic mass is 10.2. The maximum Gasteiger partial charge on any atom is 0.410 e. The second-order valence-electron chi connectivity index (χ2n) is 4.57. The molecule has 0 aromatic rings. The average molecular weight is 245 g/mol. The van der Waals surface area contributed by atoms with Gasteiger partial charge in [-0.1, -0.05) is 0 Å². The number of carboxylic acids is 1. The van der Waals surface area contributed by atoms with Crippen molar-refractivity contribution in [1.29, 1.82) is 5.41 Å². The summed E-state index contributed by atoms with van der Waals surface area (Å²) in [5, 5.41) is 15.7. The number of hydrogen-bond donors (Lipinski definition) is 3. The Morgan fingerprint density at radius 1 is 1.41 bits per heavy atom. The zero-order chi connectivity index (χ0) is 13.6.